The summed E-state index contributed by atoms with van der Waals surface area (Å²) < 4.78 is 61.3. The molecule has 0 amide bonds. The van der Waals surface area contributed by atoms with Crippen LogP contribution in [0.2, 0.25) is 0 Å². The van der Waals surface area contributed by atoms with E-state index in [0.29, 0.717) is 43.4 Å². The highest BCUT2D eigenvalue weighted by Gasteiger charge is 2.69. The van der Waals surface area contributed by atoms with Gasteiger partial charge in [0.05, 0.1) is 50.3 Å². The monoisotopic (exact) mass is 1080 g/mol. The molecule has 5 saturated heterocycles. The minimum absolute atomic E-state index is 0.0108. The van der Waals surface area contributed by atoms with Crippen molar-refractivity contribution in [1.82, 2.24) is 0 Å². The molecule has 33 atom stereocenters. The maximum Gasteiger partial charge on any atom is 0.187 e. The van der Waals surface area contributed by atoms with Gasteiger partial charge < -0.3 is 114 Å². The Morgan fingerprint density at radius 3 is 1.79 bits per heavy atom. The first-order valence-corrected chi connectivity index (χ1v) is 27.6. The number of hydrogen-bond donors (Lipinski definition) is 13. The molecular weight excluding hydrogens is 993 g/mol. The summed E-state index contributed by atoms with van der Waals surface area (Å²) in [4.78, 5) is 0. The van der Waals surface area contributed by atoms with E-state index in [1.807, 2.05) is 6.92 Å². The lowest BCUT2D eigenvalue weighted by atomic mass is 9.44. The van der Waals surface area contributed by atoms with E-state index in [2.05, 4.69) is 20.8 Å². The minimum Gasteiger partial charge on any atom is -0.394 e. The number of methoxy groups -OCH3 is 1. The van der Waals surface area contributed by atoms with Crippen molar-refractivity contribution in [3.8, 4) is 0 Å². The fourth-order valence-electron chi connectivity index (χ4n) is 15.9. The molecule has 9 aliphatic rings. The number of aliphatic hydroxyl groups is 13. The van der Waals surface area contributed by atoms with E-state index in [1.165, 1.54) is 13.8 Å². The molecule has 5 heterocycles. The number of aliphatic hydroxyl groups excluding tert-OH is 13. The van der Waals surface area contributed by atoms with Crippen molar-refractivity contribution in [2.24, 2.45) is 52.3 Å². The van der Waals surface area contributed by atoms with Crippen molar-refractivity contribution in [2.45, 2.75) is 246 Å². The third kappa shape index (κ3) is 10.4. The van der Waals surface area contributed by atoms with Crippen molar-refractivity contribution in [2.75, 3.05) is 26.9 Å². The summed E-state index contributed by atoms with van der Waals surface area (Å²) in [7, 11) is 1.70. The van der Waals surface area contributed by atoms with Crippen LogP contribution in [-0.4, -0.2) is 240 Å². The van der Waals surface area contributed by atoms with Crippen LogP contribution < -0.4 is 0 Å². The highest BCUT2D eigenvalue weighted by atomic mass is 16.8. The maximum atomic E-state index is 12.2. The molecule has 434 valence electrons. The van der Waals surface area contributed by atoms with Crippen LogP contribution in [-0.2, 0) is 47.4 Å². The number of ether oxygens (including phenoxy) is 10. The van der Waals surface area contributed by atoms with Crippen molar-refractivity contribution in [1.29, 1.82) is 0 Å². The van der Waals surface area contributed by atoms with E-state index < -0.39 is 154 Å². The lowest BCUT2D eigenvalue weighted by Gasteiger charge is -2.62. The van der Waals surface area contributed by atoms with Crippen LogP contribution in [0.25, 0.3) is 0 Å². The molecule has 0 radical (unpaired) electrons. The van der Waals surface area contributed by atoms with E-state index in [-0.39, 0.29) is 47.2 Å². The normalized spacial score (nSPS) is 56.4. The van der Waals surface area contributed by atoms with Gasteiger partial charge in [0.2, 0.25) is 0 Å². The van der Waals surface area contributed by atoms with Crippen LogP contribution >= 0.6 is 0 Å². The van der Waals surface area contributed by atoms with Crippen molar-refractivity contribution < 1.29 is 114 Å². The molecule has 0 aromatic heterocycles. The van der Waals surface area contributed by atoms with Gasteiger partial charge in [-0.3, -0.25) is 0 Å². The summed E-state index contributed by atoms with van der Waals surface area (Å²) in [5.41, 5.74) is -0.275. The molecule has 13 N–H and O–H groups in total. The molecule has 0 bridgehead atoms. The summed E-state index contributed by atoms with van der Waals surface area (Å²) in [6.07, 6.45) is -24.5. The van der Waals surface area contributed by atoms with E-state index in [0.717, 1.165) is 32.1 Å². The average Bonchev–Trinajstić information content (AvgIpc) is 3.85. The summed E-state index contributed by atoms with van der Waals surface area (Å²) >= 11 is 0. The lowest BCUT2D eigenvalue weighted by molar-refractivity contribution is -0.391. The van der Waals surface area contributed by atoms with Gasteiger partial charge in [0.15, 0.2) is 30.9 Å². The van der Waals surface area contributed by atoms with Crippen LogP contribution in [0.15, 0.2) is 0 Å². The Morgan fingerprint density at radius 2 is 1.17 bits per heavy atom. The molecule has 23 nitrogen and oxygen atoms in total. The first-order valence-electron chi connectivity index (χ1n) is 27.6. The van der Waals surface area contributed by atoms with Gasteiger partial charge in [-0.25, -0.2) is 0 Å². The zero-order valence-corrected chi connectivity index (χ0v) is 44.2. The van der Waals surface area contributed by atoms with E-state index in [9.17, 15) is 66.4 Å². The second-order valence-electron chi connectivity index (χ2n) is 24.6. The molecule has 4 aliphatic carbocycles. The second-order valence-corrected chi connectivity index (χ2v) is 24.6. The molecule has 0 unspecified atom stereocenters. The van der Waals surface area contributed by atoms with Gasteiger partial charge in [-0.15, -0.1) is 0 Å². The largest absolute Gasteiger partial charge is 0.394 e. The number of rotatable bonds is 15. The molecule has 5 aliphatic heterocycles. The molecule has 0 aromatic carbocycles. The Morgan fingerprint density at radius 1 is 0.587 bits per heavy atom. The predicted octanol–water partition coefficient (Wildman–Crippen LogP) is -2.27. The van der Waals surface area contributed by atoms with Crippen LogP contribution in [0.1, 0.15) is 99.3 Å². The van der Waals surface area contributed by atoms with E-state index >= 15 is 0 Å². The molecule has 9 fully saturated rings. The van der Waals surface area contributed by atoms with Gasteiger partial charge in [-0.05, 0) is 112 Å². The van der Waals surface area contributed by atoms with Crippen LogP contribution in [0, 0.1) is 52.3 Å². The molecule has 0 aromatic rings. The Kier molecular flexibility index (Phi) is 17.8. The molecule has 0 spiro atoms. The van der Waals surface area contributed by atoms with Crippen LogP contribution in [0.3, 0.4) is 0 Å². The third-order valence-electron chi connectivity index (χ3n) is 20.4. The number of fused-ring (bicyclic) bond motifs is 7. The molecular formula is C52H88O23. The summed E-state index contributed by atoms with van der Waals surface area (Å²) in [5.74, 6) is 0.710. The quantitative estimate of drug-likeness (QED) is 0.0769. The van der Waals surface area contributed by atoms with Crippen molar-refractivity contribution in [3.63, 3.8) is 0 Å². The molecule has 23 heteroatoms. The summed E-state index contributed by atoms with van der Waals surface area (Å²) in [6.45, 7) is 10.8. The zero-order chi connectivity index (χ0) is 54.4. The van der Waals surface area contributed by atoms with Gasteiger partial charge in [-0.2, -0.15) is 0 Å². The standard InChI is InChI=1S/C52H88O23/c1-20(19-67-46-40(62)39(61)36(58)31(17-53)71-46)10-13-52(66-7)21(2)33-30(75-52)15-27-25-9-8-24-14-29(28(55)16-51(24,6)26(25)11-12-50(27,33)5)70-49-45(74-48-42(64)38(60)35(57)23(4)69-48)43(65)44(32(18-54)72-49)73-47-41(63)37(59)34(56)22(3)68-47/h20-49,53-65H,8-19H2,1-7H3/t20-,21-,22-,23-,24+,25-,26+,27+,28-,29-,30-,31-,32-,33-,34-,35-,36-,37+,38+,39+,40-,41-,42-,43+,44-,45-,46-,47+,48+,49-,50-,51-,52+/m0/s1. The Balaban J connectivity index is 0.852. The highest BCUT2D eigenvalue weighted by molar-refractivity contribution is 5.16. The van der Waals surface area contributed by atoms with Crippen molar-refractivity contribution >= 4 is 0 Å². The summed E-state index contributed by atoms with van der Waals surface area (Å²) in [5, 5.41) is 139. The Bertz CT molecular complexity index is 1890. The van der Waals surface area contributed by atoms with Gasteiger partial charge >= 0.3 is 0 Å². The topological polar surface area (TPSA) is 355 Å². The van der Waals surface area contributed by atoms with E-state index in [4.69, 9.17) is 47.4 Å². The fourth-order valence-corrected chi connectivity index (χ4v) is 15.9. The van der Waals surface area contributed by atoms with Crippen LogP contribution in [0.4, 0.5) is 0 Å². The van der Waals surface area contributed by atoms with Crippen LogP contribution in [0.5, 0.6) is 0 Å². The first-order chi connectivity index (χ1) is 35.4. The zero-order valence-electron chi connectivity index (χ0n) is 44.2. The van der Waals surface area contributed by atoms with Crippen molar-refractivity contribution in [3.05, 3.63) is 0 Å². The average molecular weight is 1080 g/mol. The minimum atomic E-state index is -1.79. The fraction of sp³-hybridized carbons (Fsp3) is 1.00. The lowest BCUT2D eigenvalue weighted by Crippen LogP contribution is -2.67. The maximum absolute atomic E-state index is 12.2. The Hall–Kier alpha value is -0.920. The number of hydrogen-bond acceptors (Lipinski definition) is 23. The smallest absolute Gasteiger partial charge is 0.187 e. The Labute approximate surface area is 438 Å². The van der Waals surface area contributed by atoms with E-state index in [1.54, 1.807) is 7.11 Å². The second kappa shape index (κ2) is 22.8. The predicted molar refractivity (Wildman–Crippen MR) is 255 cm³/mol. The van der Waals surface area contributed by atoms with Gasteiger partial charge in [0, 0.05) is 19.4 Å². The SMILES string of the molecule is CO[C@]1(CC[C@H](C)CO[C@H]2O[C@@H](CO)[C@H](O)[C@@H](O)[C@@H]2O)O[C@H]2C[C@@H]3[C@H]4CC[C@@H]5C[C@H](O[C@H]6O[C@@H](CO)[C@H](O[C@H]7O[C@@H](C)[C@H](O)[C@@H](O)[C@@H]7O)[C@@H](O)[C@@H]6O[C@H]6O[C@@H](C)[C@H](O)[C@@H](O)[C@@H]6O)[C@@H](O)C[C@]5(C)[C@@H]4CC[C@]3(C)[C@H]2[C@@H]1C. The summed E-state index contributed by atoms with van der Waals surface area (Å²) in [6, 6.07) is 0. The third-order valence-corrected chi connectivity index (χ3v) is 20.4. The molecule has 4 saturated carbocycles. The van der Waals surface area contributed by atoms with Gasteiger partial charge in [0.25, 0.3) is 0 Å². The molecule has 75 heavy (non-hydrogen) atoms. The molecule has 9 rings (SSSR count). The highest BCUT2D eigenvalue weighted by Crippen LogP contribution is 2.71. The first kappa shape index (κ1) is 58.7. The van der Waals surface area contributed by atoms with Gasteiger partial charge in [-0.1, -0.05) is 27.7 Å². The van der Waals surface area contributed by atoms with Gasteiger partial charge in [0.1, 0.15) is 85.5 Å².